The van der Waals surface area contributed by atoms with Crippen LogP contribution in [0.3, 0.4) is 0 Å². The Morgan fingerprint density at radius 3 is 2.50 bits per heavy atom. The second kappa shape index (κ2) is 7.99. The highest BCUT2D eigenvalue weighted by Gasteiger charge is 2.08. The zero-order chi connectivity index (χ0) is 13.5. The fourth-order valence-electron chi connectivity index (χ4n) is 2.22. The summed E-state index contributed by atoms with van der Waals surface area (Å²) in [6.07, 6.45) is 8.64. The average Bonchev–Trinajstić information content (AvgIpc) is 2.31. The van der Waals surface area contributed by atoms with Crippen LogP contribution in [0.25, 0.3) is 0 Å². The normalized spacial score (nSPS) is 11.2. The quantitative estimate of drug-likeness (QED) is 0.525. The van der Waals surface area contributed by atoms with Gasteiger partial charge < -0.3 is 0 Å². The smallest absolute Gasteiger partial charge is 0.0212 e. The molecule has 18 heavy (non-hydrogen) atoms. The van der Waals surface area contributed by atoms with E-state index < -0.39 is 0 Å². The monoisotopic (exact) mass is 309 g/mol. The Morgan fingerprint density at radius 1 is 1.22 bits per heavy atom. The number of halogens is 1. The van der Waals surface area contributed by atoms with Crippen LogP contribution < -0.4 is 0 Å². The van der Waals surface area contributed by atoms with Gasteiger partial charge in [-0.2, -0.15) is 0 Å². The van der Waals surface area contributed by atoms with Crippen molar-refractivity contribution in [3.63, 3.8) is 0 Å². The van der Waals surface area contributed by atoms with Crippen LogP contribution in [0.1, 0.15) is 69.1 Å². The van der Waals surface area contributed by atoms with Crippen LogP contribution in [0.4, 0.5) is 0 Å². The fraction of sp³-hybridized carbons (Fsp3) is 0.588. The molecule has 0 heterocycles. The van der Waals surface area contributed by atoms with Crippen LogP contribution >= 0.6 is 15.9 Å². The third kappa shape index (κ3) is 4.76. The predicted molar refractivity (Wildman–Crippen MR) is 85.1 cm³/mol. The SMILES string of the molecule is CCC[CH]CCCc1c(C)cc(C(C)C)cc1Br. The Morgan fingerprint density at radius 2 is 1.94 bits per heavy atom. The van der Waals surface area contributed by atoms with Crippen LogP contribution in [-0.4, -0.2) is 0 Å². The van der Waals surface area contributed by atoms with E-state index >= 15 is 0 Å². The molecule has 0 saturated heterocycles. The lowest BCUT2D eigenvalue weighted by Gasteiger charge is -2.13. The molecular formula is C17H26Br. The standard InChI is InChI=1S/C17H26Br/c1-5-6-7-8-9-10-16-14(4)11-15(13(2)3)12-17(16)18/h7,11-13H,5-6,8-10H2,1-4H3. The second-order valence-electron chi connectivity index (χ2n) is 5.42. The first-order valence-electron chi connectivity index (χ1n) is 7.16. The number of hydrogen-bond acceptors (Lipinski definition) is 0. The van der Waals surface area contributed by atoms with E-state index in [4.69, 9.17) is 0 Å². The maximum Gasteiger partial charge on any atom is 0.0212 e. The van der Waals surface area contributed by atoms with Gasteiger partial charge in [0.1, 0.15) is 0 Å². The van der Waals surface area contributed by atoms with Crippen molar-refractivity contribution < 1.29 is 0 Å². The molecule has 0 N–H and O–H groups in total. The van der Waals surface area contributed by atoms with Crippen LogP contribution in [0.5, 0.6) is 0 Å². The number of rotatable bonds is 7. The van der Waals surface area contributed by atoms with E-state index in [9.17, 15) is 0 Å². The Labute approximate surface area is 121 Å². The van der Waals surface area contributed by atoms with Crippen molar-refractivity contribution in [3.8, 4) is 0 Å². The summed E-state index contributed by atoms with van der Waals surface area (Å²) in [6, 6.07) is 4.64. The van der Waals surface area contributed by atoms with Crippen molar-refractivity contribution in [1.82, 2.24) is 0 Å². The molecule has 0 spiro atoms. The van der Waals surface area contributed by atoms with Crippen molar-refractivity contribution in [2.45, 2.75) is 65.7 Å². The molecule has 1 aromatic carbocycles. The zero-order valence-corrected chi connectivity index (χ0v) is 13.8. The molecule has 0 atom stereocenters. The number of benzene rings is 1. The third-order valence-corrected chi connectivity index (χ3v) is 4.14. The van der Waals surface area contributed by atoms with E-state index in [1.165, 1.54) is 53.3 Å². The molecule has 1 aromatic rings. The molecule has 101 valence electrons. The molecule has 1 rings (SSSR count). The summed E-state index contributed by atoms with van der Waals surface area (Å²) in [5.74, 6) is 0.604. The minimum atomic E-state index is 0.604. The van der Waals surface area contributed by atoms with Gasteiger partial charge in [0.15, 0.2) is 0 Å². The number of hydrogen-bond donors (Lipinski definition) is 0. The van der Waals surface area contributed by atoms with Crippen molar-refractivity contribution in [3.05, 3.63) is 39.7 Å². The molecule has 1 heteroatoms. The summed E-state index contributed by atoms with van der Waals surface area (Å²) >= 11 is 3.74. The number of unbranched alkanes of at least 4 members (excludes halogenated alkanes) is 4. The van der Waals surface area contributed by atoms with E-state index in [1.807, 2.05) is 0 Å². The predicted octanol–water partition coefficient (Wildman–Crippen LogP) is 6.21. The van der Waals surface area contributed by atoms with Crippen molar-refractivity contribution in [2.75, 3.05) is 0 Å². The van der Waals surface area contributed by atoms with Crippen LogP contribution in [-0.2, 0) is 6.42 Å². The van der Waals surface area contributed by atoms with E-state index in [-0.39, 0.29) is 0 Å². The minimum absolute atomic E-state index is 0.604. The highest BCUT2D eigenvalue weighted by atomic mass is 79.9. The van der Waals surface area contributed by atoms with Crippen molar-refractivity contribution in [2.24, 2.45) is 0 Å². The molecule has 0 aromatic heterocycles. The van der Waals surface area contributed by atoms with Gasteiger partial charge in [0, 0.05) is 4.47 Å². The Hall–Kier alpha value is -0.300. The lowest BCUT2D eigenvalue weighted by molar-refractivity contribution is 0.747. The first kappa shape index (κ1) is 15.8. The Balaban J connectivity index is 2.60. The number of aryl methyl sites for hydroxylation is 1. The highest BCUT2D eigenvalue weighted by molar-refractivity contribution is 9.10. The van der Waals surface area contributed by atoms with Gasteiger partial charge >= 0.3 is 0 Å². The van der Waals surface area contributed by atoms with Gasteiger partial charge in [-0.3, -0.25) is 0 Å². The molecule has 0 aliphatic carbocycles. The van der Waals surface area contributed by atoms with Crippen molar-refractivity contribution >= 4 is 15.9 Å². The Kier molecular flexibility index (Phi) is 6.99. The zero-order valence-electron chi connectivity index (χ0n) is 12.2. The average molecular weight is 310 g/mol. The van der Waals surface area contributed by atoms with Gasteiger partial charge in [0.25, 0.3) is 0 Å². The summed E-state index contributed by atoms with van der Waals surface area (Å²) in [6.45, 7) is 8.98. The lowest BCUT2D eigenvalue weighted by Crippen LogP contribution is -1.96. The first-order chi connectivity index (χ1) is 8.56. The molecular weight excluding hydrogens is 284 g/mol. The molecule has 0 amide bonds. The largest absolute Gasteiger partial charge is 0.0654 e. The van der Waals surface area contributed by atoms with Gasteiger partial charge in [-0.1, -0.05) is 55.6 Å². The van der Waals surface area contributed by atoms with E-state index in [0.717, 1.165) is 0 Å². The molecule has 0 nitrogen and oxygen atoms in total. The summed E-state index contributed by atoms with van der Waals surface area (Å²) in [5, 5.41) is 0. The molecule has 1 radical (unpaired) electrons. The highest BCUT2D eigenvalue weighted by Crippen LogP contribution is 2.28. The molecule has 0 aliphatic heterocycles. The van der Waals surface area contributed by atoms with Crippen LogP contribution in [0.2, 0.25) is 0 Å². The maximum atomic E-state index is 3.74. The molecule has 0 unspecified atom stereocenters. The van der Waals surface area contributed by atoms with Gasteiger partial charge in [-0.05, 0) is 61.3 Å². The van der Waals surface area contributed by atoms with Crippen molar-refractivity contribution in [1.29, 1.82) is 0 Å². The summed E-state index contributed by atoms with van der Waals surface area (Å²) in [4.78, 5) is 0. The molecule has 0 aliphatic rings. The lowest BCUT2D eigenvalue weighted by atomic mass is 9.95. The van der Waals surface area contributed by atoms with Gasteiger partial charge in [-0.25, -0.2) is 0 Å². The summed E-state index contributed by atoms with van der Waals surface area (Å²) < 4.78 is 1.29. The van der Waals surface area contributed by atoms with E-state index in [1.54, 1.807) is 0 Å². The van der Waals surface area contributed by atoms with E-state index in [2.05, 4.69) is 62.2 Å². The van der Waals surface area contributed by atoms with Crippen LogP contribution in [0.15, 0.2) is 16.6 Å². The third-order valence-electron chi connectivity index (χ3n) is 3.44. The molecule has 0 saturated carbocycles. The topological polar surface area (TPSA) is 0 Å². The second-order valence-corrected chi connectivity index (χ2v) is 6.28. The van der Waals surface area contributed by atoms with E-state index in [0.29, 0.717) is 5.92 Å². The maximum absolute atomic E-state index is 3.74. The summed E-state index contributed by atoms with van der Waals surface area (Å²) in [7, 11) is 0. The molecule has 0 fully saturated rings. The first-order valence-corrected chi connectivity index (χ1v) is 7.96. The Bertz CT molecular complexity index is 343. The minimum Gasteiger partial charge on any atom is -0.0654 e. The summed E-state index contributed by atoms with van der Waals surface area (Å²) in [5.41, 5.74) is 4.36. The van der Waals surface area contributed by atoms with Crippen LogP contribution in [0, 0.1) is 13.3 Å². The fourth-order valence-corrected chi connectivity index (χ4v) is 3.00. The van der Waals surface area contributed by atoms with Gasteiger partial charge in [0.2, 0.25) is 0 Å². The van der Waals surface area contributed by atoms with Gasteiger partial charge in [0.05, 0.1) is 0 Å². The van der Waals surface area contributed by atoms with Gasteiger partial charge in [-0.15, -0.1) is 0 Å². The molecule has 0 bridgehead atoms.